The van der Waals surface area contributed by atoms with Crippen LogP contribution in [0.1, 0.15) is 12.2 Å². The number of thioether (sulfide) groups is 1. The van der Waals surface area contributed by atoms with Gasteiger partial charge in [0.1, 0.15) is 11.2 Å². The van der Waals surface area contributed by atoms with E-state index in [2.05, 4.69) is 10.5 Å². The molecule has 2 aliphatic rings. The van der Waals surface area contributed by atoms with Crippen molar-refractivity contribution >= 4 is 35.3 Å². The maximum atomic E-state index is 12.6. The summed E-state index contributed by atoms with van der Waals surface area (Å²) in [5.74, 6) is 1.79. The first kappa shape index (κ1) is 15.5. The predicted octanol–water partition coefficient (Wildman–Crippen LogP) is 2.92. The molecule has 3 amide bonds. The van der Waals surface area contributed by atoms with E-state index in [9.17, 15) is 9.59 Å². The molecular formula is C16H14ClN3O3S. The van der Waals surface area contributed by atoms with E-state index in [1.54, 1.807) is 30.0 Å². The van der Waals surface area contributed by atoms with E-state index in [0.717, 1.165) is 11.3 Å². The van der Waals surface area contributed by atoms with Crippen molar-refractivity contribution in [3.8, 4) is 11.3 Å². The van der Waals surface area contributed by atoms with Crippen LogP contribution in [0, 0.1) is 0 Å². The molecule has 1 N–H and O–H groups in total. The van der Waals surface area contributed by atoms with Gasteiger partial charge >= 0.3 is 6.03 Å². The van der Waals surface area contributed by atoms with Crippen molar-refractivity contribution in [2.45, 2.75) is 18.5 Å². The second kappa shape index (κ2) is 5.82. The zero-order chi connectivity index (χ0) is 16.7. The van der Waals surface area contributed by atoms with Gasteiger partial charge < -0.3 is 9.84 Å². The average molecular weight is 364 g/mol. The number of carbonyl (C=O) groups is 2. The molecule has 2 aliphatic heterocycles. The van der Waals surface area contributed by atoms with Crippen LogP contribution in [0.2, 0.25) is 5.02 Å². The van der Waals surface area contributed by atoms with Gasteiger partial charge in [0.25, 0.3) is 5.91 Å². The minimum atomic E-state index is -0.735. The summed E-state index contributed by atoms with van der Waals surface area (Å²) in [6, 6.07) is 8.57. The monoisotopic (exact) mass is 363 g/mol. The first-order chi connectivity index (χ1) is 11.6. The number of nitrogens with one attached hydrogen (secondary N) is 1. The second-order valence-electron chi connectivity index (χ2n) is 5.89. The molecule has 0 bridgehead atoms. The third kappa shape index (κ3) is 2.57. The van der Waals surface area contributed by atoms with Gasteiger partial charge in [-0.15, -0.1) is 0 Å². The molecule has 6 nitrogen and oxygen atoms in total. The topological polar surface area (TPSA) is 75.4 Å². The molecule has 3 heterocycles. The Hall–Kier alpha value is -1.99. The van der Waals surface area contributed by atoms with E-state index in [1.165, 1.54) is 4.90 Å². The van der Waals surface area contributed by atoms with Crippen molar-refractivity contribution in [3.05, 3.63) is 41.1 Å². The third-order valence-electron chi connectivity index (χ3n) is 4.28. The van der Waals surface area contributed by atoms with Gasteiger partial charge in [-0.25, -0.2) is 4.79 Å². The molecule has 24 heavy (non-hydrogen) atoms. The van der Waals surface area contributed by atoms with Crippen LogP contribution in [0.4, 0.5) is 4.79 Å². The number of nitrogens with zero attached hydrogens (tertiary/aromatic N) is 2. The van der Waals surface area contributed by atoms with Gasteiger partial charge in [0.05, 0.1) is 6.54 Å². The number of urea groups is 1. The van der Waals surface area contributed by atoms with Gasteiger partial charge in [-0.2, -0.15) is 11.8 Å². The van der Waals surface area contributed by atoms with E-state index in [1.807, 2.05) is 12.1 Å². The molecule has 8 heteroatoms. The summed E-state index contributed by atoms with van der Waals surface area (Å²) < 4.78 is 5.30. The van der Waals surface area contributed by atoms with E-state index >= 15 is 0 Å². The highest BCUT2D eigenvalue weighted by atomic mass is 35.5. The summed E-state index contributed by atoms with van der Waals surface area (Å²) in [5.41, 5.74) is 0.760. The number of imide groups is 1. The van der Waals surface area contributed by atoms with Crippen molar-refractivity contribution < 1.29 is 14.1 Å². The minimum Gasteiger partial charge on any atom is -0.359 e. The number of halogens is 1. The number of aromatic nitrogens is 1. The fourth-order valence-electron chi connectivity index (χ4n) is 2.95. The predicted molar refractivity (Wildman–Crippen MR) is 90.7 cm³/mol. The zero-order valence-corrected chi connectivity index (χ0v) is 14.2. The molecule has 0 saturated carbocycles. The quantitative estimate of drug-likeness (QED) is 0.848. The lowest BCUT2D eigenvalue weighted by atomic mass is 9.99. The number of amides is 3. The molecule has 1 aromatic heterocycles. The molecule has 1 aromatic carbocycles. The summed E-state index contributed by atoms with van der Waals surface area (Å²) in [4.78, 5) is 26.0. The lowest BCUT2D eigenvalue weighted by molar-refractivity contribution is -0.131. The van der Waals surface area contributed by atoms with Crippen molar-refractivity contribution in [1.82, 2.24) is 15.4 Å². The molecule has 2 aromatic rings. The summed E-state index contributed by atoms with van der Waals surface area (Å²) in [7, 11) is 0. The molecule has 1 unspecified atom stereocenters. The van der Waals surface area contributed by atoms with Gasteiger partial charge in [-0.1, -0.05) is 28.9 Å². The second-order valence-corrected chi connectivity index (χ2v) is 7.43. The van der Waals surface area contributed by atoms with Crippen LogP contribution >= 0.6 is 23.4 Å². The van der Waals surface area contributed by atoms with Crippen LogP contribution in [0.5, 0.6) is 0 Å². The normalized spacial score (nSPS) is 23.3. The largest absolute Gasteiger partial charge is 0.359 e. The fourth-order valence-corrected chi connectivity index (χ4v) is 4.40. The average Bonchev–Trinajstić information content (AvgIpc) is 3.27. The number of hydrogen-bond acceptors (Lipinski definition) is 5. The molecule has 1 spiro atoms. The highest BCUT2D eigenvalue weighted by Crippen LogP contribution is 2.34. The highest BCUT2D eigenvalue weighted by molar-refractivity contribution is 7.99. The number of carbonyl (C=O) groups excluding carboxylic acids is 2. The Balaban J connectivity index is 1.53. The maximum Gasteiger partial charge on any atom is 0.325 e. The summed E-state index contributed by atoms with van der Waals surface area (Å²) >= 11 is 7.55. The van der Waals surface area contributed by atoms with Gasteiger partial charge in [0.2, 0.25) is 0 Å². The molecule has 2 saturated heterocycles. The lowest BCUT2D eigenvalue weighted by Gasteiger charge is -2.18. The van der Waals surface area contributed by atoms with Crippen LogP contribution in [-0.2, 0) is 11.3 Å². The first-order valence-electron chi connectivity index (χ1n) is 7.51. The minimum absolute atomic E-state index is 0.0810. The van der Waals surface area contributed by atoms with Crippen molar-refractivity contribution in [2.75, 3.05) is 11.5 Å². The smallest absolute Gasteiger partial charge is 0.325 e. The van der Waals surface area contributed by atoms with Crippen molar-refractivity contribution in [3.63, 3.8) is 0 Å². The van der Waals surface area contributed by atoms with E-state index in [0.29, 0.717) is 28.7 Å². The fraction of sp³-hybridized carbons (Fsp3) is 0.312. The first-order valence-corrected chi connectivity index (χ1v) is 9.04. The molecule has 124 valence electrons. The Kier molecular flexibility index (Phi) is 3.77. The van der Waals surface area contributed by atoms with Gasteiger partial charge in [-0.05, 0) is 24.3 Å². The third-order valence-corrected chi connectivity index (χ3v) is 5.72. The number of hydrogen-bond donors (Lipinski definition) is 1. The Bertz CT molecular complexity index is 799. The Labute approximate surface area is 147 Å². The van der Waals surface area contributed by atoms with Gasteiger partial charge in [-0.3, -0.25) is 9.69 Å². The van der Waals surface area contributed by atoms with Crippen LogP contribution in [0.3, 0.4) is 0 Å². The zero-order valence-electron chi connectivity index (χ0n) is 12.6. The lowest BCUT2D eigenvalue weighted by Crippen LogP contribution is -2.46. The summed E-state index contributed by atoms with van der Waals surface area (Å²) in [6.07, 6.45) is 0.672. The standard InChI is InChI=1S/C16H14ClN3O3S/c17-11-3-1-10(2-4-11)13-7-12(23-19-13)8-20-14(21)16(18-15(20)22)5-6-24-9-16/h1-4,7H,5-6,8-9H2,(H,18,22). The number of rotatable bonds is 3. The Morgan fingerprint density at radius 3 is 2.83 bits per heavy atom. The molecule has 0 aliphatic carbocycles. The molecular weight excluding hydrogens is 350 g/mol. The molecule has 2 fully saturated rings. The SMILES string of the molecule is O=C1NC2(CCSC2)C(=O)N1Cc1cc(-c2ccc(Cl)cc2)no1. The number of benzene rings is 1. The maximum absolute atomic E-state index is 12.6. The van der Waals surface area contributed by atoms with Crippen LogP contribution in [0.15, 0.2) is 34.9 Å². The van der Waals surface area contributed by atoms with Crippen molar-refractivity contribution in [1.29, 1.82) is 0 Å². The molecule has 4 rings (SSSR count). The van der Waals surface area contributed by atoms with Crippen LogP contribution in [0.25, 0.3) is 11.3 Å². The summed E-state index contributed by atoms with van der Waals surface area (Å²) in [6.45, 7) is 0.0810. The molecule has 0 radical (unpaired) electrons. The molecule has 1 atom stereocenters. The van der Waals surface area contributed by atoms with Crippen LogP contribution in [-0.4, -0.2) is 39.0 Å². The highest BCUT2D eigenvalue weighted by Gasteiger charge is 2.53. The van der Waals surface area contributed by atoms with Crippen molar-refractivity contribution in [2.24, 2.45) is 0 Å². The van der Waals surface area contributed by atoms with E-state index in [-0.39, 0.29) is 18.5 Å². The van der Waals surface area contributed by atoms with Gasteiger partial charge in [0.15, 0.2) is 5.76 Å². The Morgan fingerprint density at radius 1 is 1.33 bits per heavy atom. The van der Waals surface area contributed by atoms with E-state index in [4.69, 9.17) is 16.1 Å². The summed E-state index contributed by atoms with van der Waals surface area (Å²) in [5, 5.41) is 7.48. The Morgan fingerprint density at radius 2 is 2.12 bits per heavy atom. The van der Waals surface area contributed by atoms with Gasteiger partial charge in [0, 0.05) is 22.4 Å². The van der Waals surface area contributed by atoms with Crippen LogP contribution < -0.4 is 5.32 Å². The van der Waals surface area contributed by atoms with E-state index < -0.39 is 5.54 Å².